The summed E-state index contributed by atoms with van der Waals surface area (Å²) in [6.07, 6.45) is 5.91. The van der Waals surface area contributed by atoms with Crippen molar-refractivity contribution in [3.63, 3.8) is 0 Å². The van der Waals surface area contributed by atoms with Gasteiger partial charge in [0.25, 0.3) is 0 Å². The Bertz CT molecular complexity index is 755. The van der Waals surface area contributed by atoms with Gasteiger partial charge in [-0.3, -0.25) is 9.59 Å². The van der Waals surface area contributed by atoms with Crippen molar-refractivity contribution in [1.29, 1.82) is 0 Å². The van der Waals surface area contributed by atoms with Crippen LogP contribution in [0.3, 0.4) is 0 Å². The third-order valence-electron chi connectivity index (χ3n) is 4.48. The Morgan fingerprint density at radius 1 is 1.42 bits per heavy atom. The van der Waals surface area contributed by atoms with E-state index in [1.54, 1.807) is 10.8 Å². The van der Waals surface area contributed by atoms with E-state index in [1.165, 1.54) is 11.3 Å². The topological polar surface area (TPSA) is 72.2 Å². The number of aromatic nitrogens is 3. The average Bonchev–Trinajstić information content (AvgIpc) is 3.12. The van der Waals surface area contributed by atoms with E-state index in [0.29, 0.717) is 13.0 Å². The molecule has 1 aliphatic heterocycles. The Morgan fingerprint density at radius 2 is 2.17 bits per heavy atom. The Labute approximate surface area is 144 Å². The number of hydrogen-bond donors (Lipinski definition) is 1. The van der Waals surface area contributed by atoms with E-state index in [1.807, 2.05) is 30.1 Å². The van der Waals surface area contributed by atoms with E-state index in [4.69, 9.17) is 0 Å². The third-order valence-corrected chi connectivity index (χ3v) is 5.36. The number of thiazole rings is 1. The molecule has 130 valence electrons. The van der Waals surface area contributed by atoms with Gasteiger partial charge in [-0.2, -0.15) is 0 Å². The third kappa shape index (κ3) is 3.69. The molecule has 1 aliphatic rings. The van der Waals surface area contributed by atoms with Crippen LogP contribution in [0.1, 0.15) is 25.0 Å². The molecule has 2 aromatic rings. The molecule has 8 heteroatoms. The van der Waals surface area contributed by atoms with Gasteiger partial charge < -0.3 is 19.4 Å². The number of nitrogens with zero attached hydrogens (tertiary/aromatic N) is 4. The number of imidazole rings is 1. The Morgan fingerprint density at radius 3 is 2.75 bits per heavy atom. The fourth-order valence-corrected chi connectivity index (χ4v) is 3.84. The van der Waals surface area contributed by atoms with Crippen molar-refractivity contribution in [3.05, 3.63) is 33.1 Å². The highest BCUT2D eigenvalue weighted by Crippen LogP contribution is 2.17. The van der Waals surface area contributed by atoms with Crippen molar-refractivity contribution in [2.24, 2.45) is 7.05 Å². The second-order valence-electron chi connectivity index (χ2n) is 6.21. The highest BCUT2D eigenvalue weighted by atomic mass is 32.1. The molecule has 0 aromatic carbocycles. The molecule has 3 heterocycles. The smallest absolute Gasteiger partial charge is 0.307 e. The predicted molar refractivity (Wildman–Crippen MR) is 94.5 cm³/mol. The minimum atomic E-state index is 0.00340. The van der Waals surface area contributed by atoms with Gasteiger partial charge in [-0.1, -0.05) is 11.3 Å². The van der Waals surface area contributed by atoms with Gasteiger partial charge in [0.05, 0.1) is 0 Å². The van der Waals surface area contributed by atoms with Gasteiger partial charge in [0.1, 0.15) is 0 Å². The molecule has 0 unspecified atom stereocenters. The summed E-state index contributed by atoms with van der Waals surface area (Å²) >= 11 is 1.18. The molecule has 0 aliphatic carbocycles. The van der Waals surface area contributed by atoms with E-state index < -0.39 is 0 Å². The lowest BCUT2D eigenvalue weighted by atomic mass is 10.1. The number of rotatable bonds is 5. The van der Waals surface area contributed by atoms with Crippen LogP contribution >= 0.6 is 11.3 Å². The van der Waals surface area contributed by atoms with E-state index in [2.05, 4.69) is 15.2 Å². The maximum Gasteiger partial charge on any atom is 0.307 e. The van der Waals surface area contributed by atoms with Crippen molar-refractivity contribution >= 4 is 23.2 Å². The lowest BCUT2D eigenvalue weighted by Gasteiger charge is -2.33. The number of nitrogens with one attached hydrogen (secondary N) is 1. The quantitative estimate of drug-likeness (QED) is 0.878. The Hall–Kier alpha value is -2.09. The number of amides is 1. The molecule has 24 heavy (non-hydrogen) atoms. The van der Waals surface area contributed by atoms with Crippen LogP contribution in [0.2, 0.25) is 0 Å². The molecule has 0 radical (unpaired) electrons. The molecule has 0 spiro atoms. The van der Waals surface area contributed by atoms with E-state index in [0.717, 1.165) is 37.6 Å². The molecule has 3 rings (SSSR count). The highest BCUT2D eigenvalue weighted by molar-refractivity contribution is 7.07. The van der Waals surface area contributed by atoms with Crippen molar-refractivity contribution < 1.29 is 4.79 Å². The first-order valence-corrected chi connectivity index (χ1v) is 9.09. The predicted octanol–water partition coefficient (Wildman–Crippen LogP) is 1.13. The van der Waals surface area contributed by atoms with Gasteiger partial charge >= 0.3 is 4.87 Å². The Kier molecular flexibility index (Phi) is 5.03. The first-order chi connectivity index (χ1) is 11.5. The van der Waals surface area contributed by atoms with Crippen LogP contribution in [0, 0.1) is 6.92 Å². The summed E-state index contributed by atoms with van der Waals surface area (Å²) in [5.74, 6) is 0.995. The van der Waals surface area contributed by atoms with Crippen LogP contribution in [0.4, 0.5) is 5.95 Å². The molecule has 2 aromatic heterocycles. The van der Waals surface area contributed by atoms with Crippen LogP contribution in [0.25, 0.3) is 0 Å². The van der Waals surface area contributed by atoms with Gasteiger partial charge in [0.2, 0.25) is 11.9 Å². The van der Waals surface area contributed by atoms with Crippen molar-refractivity contribution in [3.8, 4) is 0 Å². The number of anilines is 1. The zero-order valence-corrected chi connectivity index (χ0v) is 14.9. The lowest BCUT2D eigenvalue weighted by molar-refractivity contribution is -0.122. The summed E-state index contributed by atoms with van der Waals surface area (Å²) in [6, 6.07) is 0.203. The van der Waals surface area contributed by atoms with Crippen LogP contribution < -0.4 is 15.1 Å². The molecular weight excluding hydrogens is 326 g/mol. The minimum absolute atomic E-state index is 0.00340. The fraction of sp³-hybridized carbons (Fsp3) is 0.562. The van der Waals surface area contributed by atoms with Gasteiger partial charge in [-0.05, 0) is 19.8 Å². The largest absolute Gasteiger partial charge is 0.353 e. The zero-order chi connectivity index (χ0) is 17.1. The molecule has 0 atom stereocenters. The summed E-state index contributed by atoms with van der Waals surface area (Å²) in [4.78, 5) is 30.4. The summed E-state index contributed by atoms with van der Waals surface area (Å²) in [5, 5.41) is 4.92. The second kappa shape index (κ2) is 7.21. The summed E-state index contributed by atoms with van der Waals surface area (Å²) in [7, 11) is 1.99. The number of hydrogen-bond acceptors (Lipinski definition) is 5. The van der Waals surface area contributed by atoms with Crippen LogP contribution in [0.5, 0.6) is 0 Å². The maximum atomic E-state index is 12.1. The highest BCUT2D eigenvalue weighted by Gasteiger charge is 2.22. The molecule has 1 fully saturated rings. The molecule has 1 amide bonds. The Balaban J connectivity index is 1.45. The molecule has 0 saturated carbocycles. The SMILES string of the molecule is Cc1csc(=O)n1CCC(=O)NC1CCN(c2nccn2C)CC1. The first kappa shape index (κ1) is 16.8. The van der Waals surface area contributed by atoms with Crippen LogP contribution in [-0.4, -0.2) is 39.2 Å². The van der Waals surface area contributed by atoms with E-state index in [-0.39, 0.29) is 16.8 Å². The van der Waals surface area contributed by atoms with Gasteiger partial charge in [-0.25, -0.2) is 4.98 Å². The summed E-state index contributed by atoms with van der Waals surface area (Å²) < 4.78 is 3.67. The van der Waals surface area contributed by atoms with Crippen LogP contribution in [0.15, 0.2) is 22.6 Å². The number of carbonyl (C=O) groups excluding carboxylic acids is 1. The fourth-order valence-electron chi connectivity index (χ4n) is 3.07. The van der Waals surface area contributed by atoms with E-state index >= 15 is 0 Å². The lowest BCUT2D eigenvalue weighted by Crippen LogP contribution is -2.45. The van der Waals surface area contributed by atoms with Crippen molar-refractivity contribution in [2.75, 3.05) is 18.0 Å². The molecule has 1 N–H and O–H groups in total. The normalized spacial score (nSPS) is 15.7. The number of piperidine rings is 1. The number of aryl methyl sites for hydroxylation is 2. The van der Waals surface area contributed by atoms with Gasteiger partial charge in [0.15, 0.2) is 0 Å². The first-order valence-electron chi connectivity index (χ1n) is 8.21. The van der Waals surface area contributed by atoms with Crippen molar-refractivity contribution in [1.82, 2.24) is 19.4 Å². The summed E-state index contributed by atoms with van der Waals surface area (Å²) in [5.41, 5.74) is 0.918. The monoisotopic (exact) mass is 349 g/mol. The average molecular weight is 349 g/mol. The molecule has 7 nitrogen and oxygen atoms in total. The molecule has 1 saturated heterocycles. The molecular formula is C16H23N5O2S. The second-order valence-corrected chi connectivity index (χ2v) is 7.03. The molecule has 0 bridgehead atoms. The van der Waals surface area contributed by atoms with Crippen LogP contribution in [-0.2, 0) is 18.4 Å². The zero-order valence-electron chi connectivity index (χ0n) is 14.1. The standard InChI is InChI=1S/C16H23N5O2S/c1-12-11-24-16(23)21(12)9-5-14(22)18-13-3-7-20(8-4-13)15-17-6-10-19(15)2/h6,10-11,13H,3-5,7-9H2,1-2H3,(H,18,22). The summed E-state index contributed by atoms with van der Waals surface area (Å²) in [6.45, 7) is 4.12. The number of carbonyl (C=O) groups is 1. The maximum absolute atomic E-state index is 12.1. The van der Waals surface area contributed by atoms with Crippen molar-refractivity contribution in [2.45, 2.75) is 38.8 Å². The minimum Gasteiger partial charge on any atom is -0.353 e. The van der Waals surface area contributed by atoms with Gasteiger partial charge in [0, 0.05) is 62.6 Å². The van der Waals surface area contributed by atoms with E-state index in [9.17, 15) is 9.59 Å². The van der Waals surface area contributed by atoms with Gasteiger partial charge in [-0.15, -0.1) is 0 Å².